The molecule has 0 unspecified atom stereocenters. The number of carbonyl (C=O) groups is 1. The van der Waals surface area contributed by atoms with Crippen LogP contribution in [0.1, 0.15) is 30.9 Å². The van der Waals surface area contributed by atoms with E-state index in [0.717, 1.165) is 30.4 Å². The molecule has 0 amide bonds. The quantitative estimate of drug-likeness (QED) is 0.422. The Balaban J connectivity index is 3.04. The largest absolute Gasteiger partial charge is 0.423 e. The van der Waals surface area contributed by atoms with Gasteiger partial charge in [-0.05, 0) is 24.5 Å². The SMILES string of the molecule is C=CC(=O)Oc1cccc(C=C)c1CCCC. The number of hydrogen-bond acceptors (Lipinski definition) is 2. The summed E-state index contributed by atoms with van der Waals surface area (Å²) in [6.07, 6.45) is 6.00. The van der Waals surface area contributed by atoms with E-state index in [2.05, 4.69) is 20.1 Å². The zero-order valence-corrected chi connectivity index (χ0v) is 10.2. The first-order valence-corrected chi connectivity index (χ1v) is 5.81. The standard InChI is InChI=1S/C15H18O2/c1-4-7-10-13-12(5-2)9-8-11-14(13)17-15(16)6-3/h5-6,8-9,11H,2-4,7,10H2,1H3. The highest BCUT2D eigenvalue weighted by molar-refractivity contribution is 5.83. The Labute approximate surface area is 103 Å². The molecule has 2 heteroatoms. The minimum atomic E-state index is -0.427. The second-order valence-electron chi connectivity index (χ2n) is 3.76. The van der Waals surface area contributed by atoms with Gasteiger partial charge in [-0.3, -0.25) is 0 Å². The topological polar surface area (TPSA) is 26.3 Å². The summed E-state index contributed by atoms with van der Waals surface area (Å²) in [6, 6.07) is 5.64. The van der Waals surface area contributed by atoms with E-state index in [1.54, 1.807) is 12.1 Å². The van der Waals surface area contributed by atoms with E-state index in [-0.39, 0.29) is 0 Å². The zero-order valence-electron chi connectivity index (χ0n) is 10.2. The van der Waals surface area contributed by atoms with Gasteiger partial charge in [-0.1, -0.05) is 44.7 Å². The summed E-state index contributed by atoms with van der Waals surface area (Å²) in [4.78, 5) is 11.2. The van der Waals surface area contributed by atoms with E-state index >= 15 is 0 Å². The number of carbonyl (C=O) groups excluding carboxylic acids is 1. The molecule has 0 saturated heterocycles. The number of ether oxygens (including phenoxy) is 1. The van der Waals surface area contributed by atoms with E-state index in [4.69, 9.17) is 4.74 Å². The van der Waals surface area contributed by atoms with Crippen LogP contribution < -0.4 is 4.74 Å². The lowest BCUT2D eigenvalue weighted by atomic mass is 10.0. The molecule has 0 N–H and O–H groups in total. The van der Waals surface area contributed by atoms with Crippen LogP contribution in [0.15, 0.2) is 37.4 Å². The van der Waals surface area contributed by atoms with Crippen molar-refractivity contribution in [3.63, 3.8) is 0 Å². The molecule has 0 saturated carbocycles. The summed E-state index contributed by atoms with van der Waals surface area (Å²) in [5, 5.41) is 0. The fourth-order valence-electron chi connectivity index (χ4n) is 1.64. The van der Waals surface area contributed by atoms with Crippen LogP contribution >= 0.6 is 0 Å². The van der Waals surface area contributed by atoms with Gasteiger partial charge in [0.1, 0.15) is 5.75 Å². The van der Waals surface area contributed by atoms with Crippen molar-refractivity contribution in [1.82, 2.24) is 0 Å². The smallest absolute Gasteiger partial charge is 0.335 e. The van der Waals surface area contributed by atoms with Crippen molar-refractivity contribution in [3.8, 4) is 5.75 Å². The predicted octanol–water partition coefficient (Wildman–Crippen LogP) is 3.76. The summed E-state index contributed by atoms with van der Waals surface area (Å²) in [5.74, 6) is 0.185. The molecule has 0 aliphatic rings. The number of rotatable bonds is 6. The van der Waals surface area contributed by atoms with Crippen molar-refractivity contribution < 1.29 is 9.53 Å². The van der Waals surface area contributed by atoms with Gasteiger partial charge in [-0.25, -0.2) is 4.79 Å². The van der Waals surface area contributed by atoms with Crippen LogP contribution in [0.2, 0.25) is 0 Å². The highest BCUT2D eigenvalue weighted by Gasteiger charge is 2.09. The van der Waals surface area contributed by atoms with Crippen molar-refractivity contribution in [1.29, 1.82) is 0 Å². The van der Waals surface area contributed by atoms with E-state index in [1.165, 1.54) is 6.08 Å². The molecule has 90 valence electrons. The van der Waals surface area contributed by atoms with Crippen LogP contribution in [0.25, 0.3) is 6.08 Å². The average Bonchev–Trinajstić information content (AvgIpc) is 2.36. The summed E-state index contributed by atoms with van der Waals surface area (Å²) >= 11 is 0. The Bertz CT molecular complexity index is 419. The lowest BCUT2D eigenvalue weighted by molar-refractivity contribution is -0.129. The Kier molecular flexibility index (Phi) is 5.21. The number of hydrogen-bond donors (Lipinski definition) is 0. The first-order chi connectivity index (χ1) is 8.22. The fourth-order valence-corrected chi connectivity index (χ4v) is 1.64. The monoisotopic (exact) mass is 230 g/mol. The van der Waals surface area contributed by atoms with Crippen LogP contribution in [-0.4, -0.2) is 5.97 Å². The maximum absolute atomic E-state index is 11.2. The molecule has 0 spiro atoms. The number of unbranched alkanes of at least 4 members (excludes halogenated alkanes) is 1. The van der Waals surface area contributed by atoms with Crippen molar-refractivity contribution in [2.75, 3.05) is 0 Å². The molecule has 1 aromatic carbocycles. The normalized spacial score (nSPS) is 9.71. The third-order valence-electron chi connectivity index (χ3n) is 2.55. The molecular weight excluding hydrogens is 212 g/mol. The first-order valence-electron chi connectivity index (χ1n) is 5.81. The van der Waals surface area contributed by atoms with Gasteiger partial charge in [-0.2, -0.15) is 0 Å². The van der Waals surface area contributed by atoms with Gasteiger partial charge in [0.2, 0.25) is 0 Å². The maximum atomic E-state index is 11.2. The third kappa shape index (κ3) is 3.59. The van der Waals surface area contributed by atoms with Crippen molar-refractivity contribution in [2.45, 2.75) is 26.2 Å². The highest BCUT2D eigenvalue weighted by Crippen LogP contribution is 2.25. The Morgan fingerprint density at radius 3 is 2.76 bits per heavy atom. The Morgan fingerprint density at radius 1 is 1.41 bits per heavy atom. The van der Waals surface area contributed by atoms with Gasteiger partial charge < -0.3 is 4.74 Å². The first kappa shape index (κ1) is 13.2. The molecule has 0 aliphatic heterocycles. The van der Waals surface area contributed by atoms with Crippen LogP contribution in [-0.2, 0) is 11.2 Å². The number of benzene rings is 1. The summed E-state index contributed by atoms with van der Waals surface area (Å²) in [7, 11) is 0. The summed E-state index contributed by atoms with van der Waals surface area (Å²) < 4.78 is 5.23. The average molecular weight is 230 g/mol. The van der Waals surface area contributed by atoms with Gasteiger partial charge in [0, 0.05) is 11.6 Å². The van der Waals surface area contributed by atoms with Gasteiger partial charge >= 0.3 is 5.97 Å². The highest BCUT2D eigenvalue weighted by atomic mass is 16.5. The van der Waals surface area contributed by atoms with Crippen molar-refractivity contribution in [2.24, 2.45) is 0 Å². The molecule has 0 fully saturated rings. The van der Waals surface area contributed by atoms with Crippen LogP contribution in [0.3, 0.4) is 0 Å². The lowest BCUT2D eigenvalue weighted by Crippen LogP contribution is -2.06. The van der Waals surface area contributed by atoms with Crippen LogP contribution in [0.4, 0.5) is 0 Å². The second-order valence-corrected chi connectivity index (χ2v) is 3.76. The van der Waals surface area contributed by atoms with Crippen molar-refractivity contribution in [3.05, 3.63) is 48.6 Å². The van der Waals surface area contributed by atoms with Gasteiger partial charge in [-0.15, -0.1) is 0 Å². The van der Waals surface area contributed by atoms with E-state index in [1.807, 2.05) is 12.1 Å². The summed E-state index contributed by atoms with van der Waals surface area (Å²) in [6.45, 7) is 9.31. The van der Waals surface area contributed by atoms with Gasteiger partial charge in [0.25, 0.3) is 0 Å². The van der Waals surface area contributed by atoms with Gasteiger partial charge in [0.15, 0.2) is 0 Å². The molecule has 0 aliphatic carbocycles. The lowest BCUT2D eigenvalue weighted by Gasteiger charge is -2.11. The van der Waals surface area contributed by atoms with E-state index in [9.17, 15) is 4.79 Å². The molecule has 1 rings (SSSR count). The molecule has 0 radical (unpaired) electrons. The van der Waals surface area contributed by atoms with E-state index in [0.29, 0.717) is 5.75 Å². The number of esters is 1. The maximum Gasteiger partial charge on any atom is 0.335 e. The molecule has 0 bridgehead atoms. The molecule has 0 atom stereocenters. The molecule has 0 aromatic heterocycles. The molecule has 0 heterocycles. The van der Waals surface area contributed by atoms with E-state index < -0.39 is 5.97 Å². The minimum absolute atomic E-state index is 0.427. The molecular formula is C15H18O2. The van der Waals surface area contributed by atoms with Crippen molar-refractivity contribution >= 4 is 12.0 Å². The Morgan fingerprint density at radius 2 is 2.18 bits per heavy atom. The molecule has 2 nitrogen and oxygen atoms in total. The third-order valence-corrected chi connectivity index (χ3v) is 2.55. The Hall–Kier alpha value is -1.83. The molecule has 1 aromatic rings. The zero-order chi connectivity index (χ0) is 12.7. The second kappa shape index (κ2) is 6.69. The summed E-state index contributed by atoms with van der Waals surface area (Å²) in [5.41, 5.74) is 2.06. The predicted molar refractivity (Wildman–Crippen MR) is 71.0 cm³/mol. The minimum Gasteiger partial charge on any atom is -0.423 e. The molecule has 17 heavy (non-hydrogen) atoms. The fraction of sp³-hybridized carbons (Fsp3) is 0.267. The van der Waals surface area contributed by atoms with Crippen LogP contribution in [0, 0.1) is 0 Å². The van der Waals surface area contributed by atoms with Gasteiger partial charge in [0.05, 0.1) is 0 Å². The van der Waals surface area contributed by atoms with Crippen LogP contribution in [0.5, 0.6) is 5.75 Å².